The maximum absolute atomic E-state index is 12.8. The Balaban J connectivity index is 1.92. The minimum atomic E-state index is -4.20. The highest BCUT2D eigenvalue weighted by Crippen LogP contribution is 2.28. The maximum atomic E-state index is 12.8. The number of halogens is 3. The standard InChI is InChI=1S/C11H19F3N2O2S/c12-11(13,14)10-5-15-2-3-16(7-10)6-9-1-4-19(17,18)8-9/h9-10,15H,1-8H2. The first kappa shape index (κ1) is 15.1. The molecule has 2 saturated heterocycles. The van der Waals surface area contributed by atoms with Gasteiger partial charge in [-0.2, -0.15) is 13.2 Å². The Hall–Kier alpha value is -0.340. The van der Waals surface area contributed by atoms with E-state index in [4.69, 9.17) is 0 Å². The number of nitrogens with one attached hydrogen (secondary N) is 1. The zero-order chi connectivity index (χ0) is 14.1. The molecule has 0 bridgehead atoms. The Labute approximate surface area is 111 Å². The molecule has 0 aromatic carbocycles. The summed E-state index contributed by atoms with van der Waals surface area (Å²) < 4.78 is 61.0. The van der Waals surface area contributed by atoms with Gasteiger partial charge in [0, 0.05) is 32.7 Å². The van der Waals surface area contributed by atoms with E-state index in [-0.39, 0.29) is 30.5 Å². The molecule has 0 saturated carbocycles. The van der Waals surface area contributed by atoms with E-state index in [2.05, 4.69) is 5.32 Å². The van der Waals surface area contributed by atoms with Gasteiger partial charge in [-0.3, -0.25) is 0 Å². The van der Waals surface area contributed by atoms with E-state index in [1.807, 2.05) is 0 Å². The molecule has 19 heavy (non-hydrogen) atoms. The summed E-state index contributed by atoms with van der Waals surface area (Å²) in [5.41, 5.74) is 0. The average molecular weight is 300 g/mol. The van der Waals surface area contributed by atoms with Gasteiger partial charge in [0.1, 0.15) is 0 Å². The van der Waals surface area contributed by atoms with Crippen LogP contribution >= 0.6 is 0 Å². The van der Waals surface area contributed by atoms with Crippen molar-refractivity contribution >= 4 is 9.84 Å². The first-order valence-electron chi connectivity index (χ1n) is 6.46. The Bertz CT molecular complexity index is 411. The molecule has 2 aliphatic heterocycles. The van der Waals surface area contributed by atoms with Gasteiger partial charge in [-0.05, 0) is 12.3 Å². The van der Waals surface area contributed by atoms with Crippen molar-refractivity contribution in [2.75, 3.05) is 44.2 Å². The van der Waals surface area contributed by atoms with Crippen LogP contribution < -0.4 is 5.32 Å². The molecule has 0 spiro atoms. The molecular formula is C11H19F3N2O2S. The van der Waals surface area contributed by atoms with Crippen molar-refractivity contribution in [3.63, 3.8) is 0 Å². The number of alkyl halides is 3. The number of hydrogen-bond acceptors (Lipinski definition) is 4. The van der Waals surface area contributed by atoms with Gasteiger partial charge in [0.15, 0.2) is 9.84 Å². The van der Waals surface area contributed by atoms with Crippen molar-refractivity contribution in [1.82, 2.24) is 10.2 Å². The molecule has 8 heteroatoms. The molecular weight excluding hydrogens is 281 g/mol. The molecule has 2 unspecified atom stereocenters. The van der Waals surface area contributed by atoms with Crippen LogP contribution in [0.4, 0.5) is 13.2 Å². The van der Waals surface area contributed by atoms with Crippen LogP contribution in [-0.4, -0.2) is 63.7 Å². The monoisotopic (exact) mass is 300 g/mol. The molecule has 2 heterocycles. The van der Waals surface area contributed by atoms with Crippen LogP contribution in [-0.2, 0) is 9.84 Å². The van der Waals surface area contributed by atoms with E-state index in [0.717, 1.165) is 0 Å². The van der Waals surface area contributed by atoms with Gasteiger partial charge in [0.2, 0.25) is 0 Å². The van der Waals surface area contributed by atoms with Crippen molar-refractivity contribution in [1.29, 1.82) is 0 Å². The summed E-state index contributed by atoms with van der Waals surface area (Å²) in [5, 5.41) is 2.80. The van der Waals surface area contributed by atoms with E-state index in [0.29, 0.717) is 26.1 Å². The zero-order valence-electron chi connectivity index (χ0n) is 10.6. The Morgan fingerprint density at radius 2 is 2.05 bits per heavy atom. The lowest BCUT2D eigenvalue weighted by Gasteiger charge is -2.27. The van der Waals surface area contributed by atoms with Gasteiger partial charge in [-0.15, -0.1) is 0 Å². The minimum Gasteiger partial charge on any atom is -0.315 e. The molecule has 2 fully saturated rings. The molecule has 2 aliphatic rings. The highest BCUT2D eigenvalue weighted by atomic mass is 32.2. The number of sulfone groups is 1. The third-order valence-corrected chi connectivity index (χ3v) is 5.62. The van der Waals surface area contributed by atoms with E-state index in [1.54, 1.807) is 4.90 Å². The lowest BCUT2D eigenvalue weighted by molar-refractivity contribution is -0.176. The van der Waals surface area contributed by atoms with Gasteiger partial charge in [0.05, 0.1) is 17.4 Å². The van der Waals surface area contributed by atoms with Gasteiger partial charge in [-0.25, -0.2) is 8.42 Å². The molecule has 2 rings (SSSR count). The number of nitrogens with zero attached hydrogens (tertiary/aromatic N) is 1. The molecule has 0 radical (unpaired) electrons. The molecule has 4 nitrogen and oxygen atoms in total. The molecule has 0 amide bonds. The second-order valence-electron chi connectivity index (χ2n) is 5.47. The number of hydrogen-bond donors (Lipinski definition) is 1. The average Bonchev–Trinajstić information content (AvgIpc) is 2.50. The topological polar surface area (TPSA) is 49.4 Å². The van der Waals surface area contributed by atoms with Crippen molar-refractivity contribution < 1.29 is 21.6 Å². The summed E-state index contributed by atoms with van der Waals surface area (Å²) in [6, 6.07) is 0. The molecule has 0 aromatic heterocycles. The summed E-state index contributed by atoms with van der Waals surface area (Å²) >= 11 is 0. The largest absolute Gasteiger partial charge is 0.394 e. The number of rotatable bonds is 2. The quantitative estimate of drug-likeness (QED) is 0.807. The van der Waals surface area contributed by atoms with Gasteiger partial charge >= 0.3 is 6.18 Å². The SMILES string of the molecule is O=S1(=O)CCC(CN2CCNCC(C(F)(F)F)C2)C1. The molecule has 112 valence electrons. The summed E-state index contributed by atoms with van der Waals surface area (Å²) in [4.78, 5) is 1.75. The van der Waals surface area contributed by atoms with Crippen LogP contribution in [0.15, 0.2) is 0 Å². The highest BCUT2D eigenvalue weighted by Gasteiger charge is 2.41. The van der Waals surface area contributed by atoms with Crippen LogP contribution in [0.3, 0.4) is 0 Å². The van der Waals surface area contributed by atoms with Gasteiger partial charge in [-0.1, -0.05) is 0 Å². The van der Waals surface area contributed by atoms with Gasteiger partial charge in [0.25, 0.3) is 0 Å². The Kier molecular flexibility index (Phi) is 4.42. The summed E-state index contributed by atoms with van der Waals surface area (Å²) in [6.45, 7) is 1.43. The first-order valence-corrected chi connectivity index (χ1v) is 8.28. The van der Waals surface area contributed by atoms with E-state index in [9.17, 15) is 21.6 Å². The van der Waals surface area contributed by atoms with Crippen molar-refractivity contribution in [2.45, 2.75) is 12.6 Å². The van der Waals surface area contributed by atoms with Crippen molar-refractivity contribution in [3.8, 4) is 0 Å². The third kappa shape index (κ3) is 4.32. The second kappa shape index (κ2) is 5.57. The maximum Gasteiger partial charge on any atom is 0.394 e. The van der Waals surface area contributed by atoms with Crippen LogP contribution in [0.1, 0.15) is 6.42 Å². The third-order valence-electron chi connectivity index (χ3n) is 3.78. The second-order valence-corrected chi connectivity index (χ2v) is 7.70. The Morgan fingerprint density at radius 3 is 2.63 bits per heavy atom. The zero-order valence-corrected chi connectivity index (χ0v) is 11.4. The fourth-order valence-electron chi connectivity index (χ4n) is 2.75. The van der Waals surface area contributed by atoms with Crippen LogP contribution in [0.25, 0.3) is 0 Å². The fourth-order valence-corrected chi connectivity index (χ4v) is 4.60. The van der Waals surface area contributed by atoms with Crippen LogP contribution in [0.2, 0.25) is 0 Å². The summed E-state index contributed by atoms with van der Waals surface area (Å²) in [7, 11) is -2.96. The lowest BCUT2D eigenvalue weighted by atomic mass is 10.1. The predicted octanol–water partition coefficient (Wildman–Crippen LogP) is 0.505. The fraction of sp³-hybridized carbons (Fsp3) is 1.00. The molecule has 1 N–H and O–H groups in total. The molecule has 2 atom stereocenters. The van der Waals surface area contributed by atoms with Crippen molar-refractivity contribution in [3.05, 3.63) is 0 Å². The highest BCUT2D eigenvalue weighted by molar-refractivity contribution is 7.91. The predicted molar refractivity (Wildman–Crippen MR) is 65.6 cm³/mol. The summed E-state index contributed by atoms with van der Waals surface area (Å²) in [6.07, 6.45) is -3.62. The Morgan fingerprint density at radius 1 is 1.32 bits per heavy atom. The smallest absolute Gasteiger partial charge is 0.315 e. The van der Waals surface area contributed by atoms with Gasteiger partial charge < -0.3 is 10.2 Å². The molecule has 0 aromatic rings. The molecule has 0 aliphatic carbocycles. The van der Waals surface area contributed by atoms with E-state index < -0.39 is 21.9 Å². The van der Waals surface area contributed by atoms with Crippen LogP contribution in [0, 0.1) is 11.8 Å². The minimum absolute atomic E-state index is 0.0167. The van der Waals surface area contributed by atoms with Crippen LogP contribution in [0.5, 0.6) is 0 Å². The first-order chi connectivity index (χ1) is 8.76. The normalized spacial score (nSPS) is 33.2. The van der Waals surface area contributed by atoms with Crippen molar-refractivity contribution in [2.24, 2.45) is 11.8 Å². The summed E-state index contributed by atoms with van der Waals surface area (Å²) in [5.74, 6) is -1.09. The van der Waals surface area contributed by atoms with E-state index in [1.165, 1.54) is 0 Å². The lowest BCUT2D eigenvalue weighted by Crippen LogP contribution is -2.40. The van der Waals surface area contributed by atoms with E-state index >= 15 is 0 Å².